The van der Waals surface area contributed by atoms with Gasteiger partial charge in [0.05, 0.1) is 5.56 Å². The van der Waals surface area contributed by atoms with E-state index in [-0.39, 0.29) is 23.8 Å². The first-order chi connectivity index (χ1) is 16.8. The molecule has 0 bridgehead atoms. The van der Waals surface area contributed by atoms with Gasteiger partial charge in [0.15, 0.2) is 0 Å². The van der Waals surface area contributed by atoms with Crippen molar-refractivity contribution >= 4 is 10.8 Å². The van der Waals surface area contributed by atoms with Crippen LogP contribution in [-0.4, -0.2) is 0 Å². The average Bonchev–Trinajstić information content (AvgIpc) is 2.82. The maximum absolute atomic E-state index is 15.2. The molecule has 0 spiro atoms. The van der Waals surface area contributed by atoms with Gasteiger partial charge in [-0.2, -0.15) is 5.26 Å². The lowest BCUT2D eigenvalue weighted by Crippen LogP contribution is -1.99. The first-order valence-corrected chi connectivity index (χ1v) is 11.0. The van der Waals surface area contributed by atoms with Crippen LogP contribution >= 0.6 is 0 Å². The van der Waals surface area contributed by atoms with E-state index in [4.69, 9.17) is 5.26 Å². The van der Waals surface area contributed by atoms with Crippen molar-refractivity contribution in [3.63, 3.8) is 0 Å². The second-order valence-corrected chi connectivity index (χ2v) is 8.28. The molecule has 0 saturated carbocycles. The Morgan fingerprint density at radius 3 is 2.00 bits per heavy atom. The number of rotatable bonds is 7. The van der Waals surface area contributed by atoms with Crippen LogP contribution in [0.25, 0.3) is 21.9 Å². The van der Waals surface area contributed by atoms with Crippen molar-refractivity contribution in [2.24, 2.45) is 0 Å². The van der Waals surface area contributed by atoms with E-state index in [1.54, 1.807) is 18.2 Å². The number of nitrogens with zero attached hydrogens (tertiary/aromatic N) is 1. The fraction of sp³-hybridized carbons (Fsp3) is 0.138. The highest BCUT2D eigenvalue weighted by Crippen LogP contribution is 2.32. The summed E-state index contributed by atoms with van der Waals surface area (Å²) in [5.74, 6) is -3.81. The molecule has 0 aromatic heterocycles. The molecule has 0 aliphatic heterocycles. The van der Waals surface area contributed by atoms with Gasteiger partial charge in [-0.1, -0.05) is 30.3 Å². The molecule has 0 amide bonds. The van der Waals surface area contributed by atoms with Crippen LogP contribution in [0.4, 0.5) is 22.0 Å². The van der Waals surface area contributed by atoms with Crippen molar-refractivity contribution in [3.05, 3.63) is 119 Å². The Labute approximate surface area is 199 Å². The van der Waals surface area contributed by atoms with Crippen LogP contribution in [0.5, 0.6) is 0 Å². The zero-order chi connectivity index (χ0) is 25.1. The summed E-state index contributed by atoms with van der Waals surface area (Å²) in [6.07, 6.45) is 3.09. The lowest BCUT2D eigenvalue weighted by molar-refractivity contribution is 0.572. The Morgan fingerprint density at radius 2 is 1.37 bits per heavy atom. The molecule has 0 fully saturated rings. The van der Waals surface area contributed by atoms with Crippen LogP contribution in [0.1, 0.15) is 28.7 Å². The monoisotopic (exact) mass is 477 g/mol. The molecule has 0 N–H and O–H groups in total. The van der Waals surface area contributed by atoms with E-state index in [9.17, 15) is 17.6 Å². The normalized spacial score (nSPS) is 11.0. The van der Waals surface area contributed by atoms with Crippen LogP contribution in [0.15, 0.2) is 67.3 Å². The number of fused-ring (bicyclic) bond motifs is 1. The Morgan fingerprint density at radius 1 is 0.743 bits per heavy atom. The second kappa shape index (κ2) is 10.1. The van der Waals surface area contributed by atoms with Gasteiger partial charge in [0.2, 0.25) is 0 Å². The van der Waals surface area contributed by atoms with Crippen LogP contribution in [-0.2, 0) is 19.3 Å². The molecule has 0 radical (unpaired) electrons. The van der Waals surface area contributed by atoms with Gasteiger partial charge in [0, 0.05) is 5.39 Å². The summed E-state index contributed by atoms with van der Waals surface area (Å²) >= 11 is 0. The maximum Gasteiger partial charge on any atom is 0.144 e. The minimum Gasteiger partial charge on any atom is -0.206 e. The third kappa shape index (κ3) is 4.95. The van der Waals surface area contributed by atoms with Crippen molar-refractivity contribution < 1.29 is 22.0 Å². The molecule has 6 heteroatoms. The van der Waals surface area contributed by atoms with Gasteiger partial charge < -0.3 is 0 Å². The van der Waals surface area contributed by atoms with Gasteiger partial charge in [0.1, 0.15) is 40.7 Å². The summed E-state index contributed by atoms with van der Waals surface area (Å²) in [7, 11) is 0. The Hall–Kier alpha value is -3.98. The molecular weight excluding hydrogens is 457 g/mol. The highest BCUT2D eigenvalue weighted by molar-refractivity contribution is 5.88. The van der Waals surface area contributed by atoms with E-state index in [0.29, 0.717) is 40.5 Å². The molecule has 0 unspecified atom stereocenters. The van der Waals surface area contributed by atoms with Crippen molar-refractivity contribution in [3.8, 4) is 17.2 Å². The molecule has 0 atom stereocenters. The zero-order valence-electron chi connectivity index (χ0n) is 18.6. The third-order valence-corrected chi connectivity index (χ3v) is 5.96. The summed E-state index contributed by atoms with van der Waals surface area (Å²) in [5, 5.41) is 9.51. The van der Waals surface area contributed by atoms with E-state index < -0.39 is 34.6 Å². The fourth-order valence-corrected chi connectivity index (χ4v) is 4.16. The van der Waals surface area contributed by atoms with E-state index >= 15 is 4.39 Å². The predicted molar refractivity (Wildman–Crippen MR) is 126 cm³/mol. The lowest BCUT2D eigenvalue weighted by atomic mass is 9.95. The summed E-state index contributed by atoms with van der Waals surface area (Å²) in [6.45, 7) is 3.61. The molecule has 0 saturated heterocycles. The van der Waals surface area contributed by atoms with Gasteiger partial charge >= 0.3 is 0 Å². The smallest absolute Gasteiger partial charge is 0.144 e. The number of allylic oxidation sites excluding steroid dienone is 1. The topological polar surface area (TPSA) is 23.8 Å². The van der Waals surface area contributed by atoms with Gasteiger partial charge in [-0.15, -0.1) is 6.58 Å². The summed E-state index contributed by atoms with van der Waals surface area (Å²) < 4.78 is 72.3. The quantitative estimate of drug-likeness (QED) is 0.196. The van der Waals surface area contributed by atoms with Crippen molar-refractivity contribution in [2.75, 3.05) is 0 Å². The minimum atomic E-state index is -0.956. The lowest BCUT2D eigenvalue weighted by Gasteiger charge is -2.11. The number of halogens is 5. The molecular formula is C29H20F5N. The molecule has 35 heavy (non-hydrogen) atoms. The summed E-state index contributed by atoms with van der Waals surface area (Å²) in [4.78, 5) is 0. The maximum atomic E-state index is 15.2. The van der Waals surface area contributed by atoms with Crippen molar-refractivity contribution in [1.82, 2.24) is 0 Å². The van der Waals surface area contributed by atoms with E-state index in [0.717, 1.165) is 12.1 Å². The predicted octanol–water partition coefficient (Wildman–Crippen LogP) is 7.98. The Kier molecular flexibility index (Phi) is 6.97. The Balaban J connectivity index is 1.61. The minimum absolute atomic E-state index is 0.161. The number of hydrogen-bond donors (Lipinski definition) is 0. The van der Waals surface area contributed by atoms with Gasteiger partial charge in [-0.3, -0.25) is 0 Å². The van der Waals surface area contributed by atoms with Crippen molar-refractivity contribution in [2.45, 2.75) is 25.7 Å². The highest BCUT2D eigenvalue weighted by Gasteiger charge is 2.16. The van der Waals surface area contributed by atoms with Crippen LogP contribution in [0.3, 0.4) is 0 Å². The molecule has 4 aromatic rings. The molecule has 4 rings (SSSR count). The first-order valence-electron chi connectivity index (χ1n) is 11.0. The molecule has 1 nitrogen and oxygen atoms in total. The molecule has 4 aromatic carbocycles. The standard InChI is InChI=1S/C29H20F5N/c1-2-3-4-17-13-26(32)28(27(33)14-17)21-9-10-22-20(15-21)8-7-19(29(22)34)6-5-18-11-24(30)23(16-35)25(31)12-18/h2,7-15H,1,3-6H2. The second-order valence-electron chi connectivity index (χ2n) is 8.28. The third-order valence-electron chi connectivity index (χ3n) is 5.96. The molecule has 176 valence electrons. The van der Waals surface area contributed by atoms with E-state index in [2.05, 4.69) is 6.58 Å². The van der Waals surface area contributed by atoms with Crippen LogP contribution < -0.4 is 0 Å². The number of hydrogen-bond acceptors (Lipinski definition) is 1. The summed E-state index contributed by atoms with van der Waals surface area (Å²) in [5.41, 5.74) is 0.626. The van der Waals surface area contributed by atoms with Gasteiger partial charge in [-0.05, 0) is 83.7 Å². The summed E-state index contributed by atoms with van der Waals surface area (Å²) in [6, 6.07) is 13.8. The van der Waals surface area contributed by atoms with Crippen molar-refractivity contribution in [1.29, 1.82) is 5.26 Å². The fourth-order valence-electron chi connectivity index (χ4n) is 4.16. The number of benzene rings is 4. The van der Waals surface area contributed by atoms with Gasteiger partial charge in [-0.25, -0.2) is 22.0 Å². The zero-order valence-corrected chi connectivity index (χ0v) is 18.6. The first kappa shape index (κ1) is 24.2. The number of aryl methyl sites for hydroxylation is 3. The van der Waals surface area contributed by atoms with Gasteiger partial charge in [0.25, 0.3) is 0 Å². The van der Waals surface area contributed by atoms with Crippen LogP contribution in [0.2, 0.25) is 0 Å². The SMILES string of the molecule is C=CCCc1cc(F)c(-c2ccc3c(F)c(CCc4cc(F)c(C#N)c(F)c4)ccc3c2)c(F)c1. The van der Waals surface area contributed by atoms with Crippen LogP contribution in [0, 0.1) is 40.4 Å². The Bertz CT molecular complexity index is 1440. The largest absolute Gasteiger partial charge is 0.206 e. The van der Waals surface area contributed by atoms with E-state index in [1.165, 1.54) is 36.4 Å². The molecule has 0 aliphatic rings. The average molecular weight is 477 g/mol. The van der Waals surface area contributed by atoms with E-state index in [1.807, 2.05) is 0 Å². The molecule has 0 aliphatic carbocycles. The molecule has 0 heterocycles. The highest BCUT2D eigenvalue weighted by atomic mass is 19.1. The number of nitriles is 1.